The van der Waals surface area contributed by atoms with E-state index >= 15 is 0 Å². The van der Waals surface area contributed by atoms with Gasteiger partial charge in [-0.1, -0.05) is 25.9 Å². The van der Waals surface area contributed by atoms with Gasteiger partial charge in [-0.3, -0.25) is 0 Å². The van der Waals surface area contributed by atoms with Gasteiger partial charge in [0, 0.05) is 0 Å². The van der Waals surface area contributed by atoms with Crippen LogP contribution in [0.4, 0.5) is 0 Å². The van der Waals surface area contributed by atoms with Crippen molar-refractivity contribution in [1.82, 2.24) is 0 Å². The lowest BCUT2D eigenvalue weighted by Gasteiger charge is -2.15. The fourth-order valence-electron chi connectivity index (χ4n) is 0.355. The highest BCUT2D eigenvalue weighted by Gasteiger charge is 2.09. The molecule has 0 aromatic heterocycles. The number of rotatable bonds is 2. The summed E-state index contributed by atoms with van der Waals surface area (Å²) in [5, 5.41) is 3.83. The molecule has 0 heterocycles. The fraction of sp³-hybridized carbons (Fsp3) is 0.875. The van der Waals surface area contributed by atoms with E-state index in [0.29, 0.717) is 6.61 Å². The Morgan fingerprint density at radius 3 is 2.10 bits per heavy atom. The quantitative estimate of drug-likeness (QED) is 0.430. The summed E-state index contributed by atoms with van der Waals surface area (Å²) in [4.78, 5) is 5.05. The van der Waals surface area contributed by atoms with Crippen molar-refractivity contribution in [3.63, 3.8) is 0 Å². The van der Waals surface area contributed by atoms with Crippen LogP contribution in [-0.4, -0.2) is 12.3 Å². The predicted octanol–water partition coefficient (Wildman–Crippen LogP) is 2.44. The van der Waals surface area contributed by atoms with E-state index in [0.717, 1.165) is 5.71 Å². The topological polar surface area (TPSA) is 21.6 Å². The van der Waals surface area contributed by atoms with Crippen LogP contribution < -0.4 is 0 Å². The Hall–Kier alpha value is -0.530. The molecule has 0 bridgehead atoms. The number of nitrogens with zero attached hydrogens (tertiary/aromatic N) is 1. The van der Waals surface area contributed by atoms with Crippen LogP contribution in [0.3, 0.4) is 0 Å². The van der Waals surface area contributed by atoms with Gasteiger partial charge in [0.2, 0.25) is 0 Å². The molecule has 2 heteroatoms. The van der Waals surface area contributed by atoms with E-state index in [1.54, 1.807) is 0 Å². The molecule has 2 nitrogen and oxygen atoms in total. The van der Waals surface area contributed by atoms with Crippen LogP contribution in [0.1, 0.15) is 34.6 Å². The molecule has 0 atom stereocenters. The third-order valence-corrected chi connectivity index (χ3v) is 0.745. The second kappa shape index (κ2) is 3.59. The lowest BCUT2D eigenvalue weighted by molar-refractivity contribution is 0.0769. The summed E-state index contributed by atoms with van der Waals surface area (Å²) in [6, 6.07) is 0. The maximum atomic E-state index is 5.05. The molecule has 10 heavy (non-hydrogen) atoms. The summed E-state index contributed by atoms with van der Waals surface area (Å²) in [7, 11) is 0. The average molecular weight is 143 g/mol. The smallest absolute Gasteiger partial charge is 0.122 e. The molecular weight excluding hydrogens is 126 g/mol. The zero-order valence-electron chi connectivity index (χ0n) is 7.56. The Morgan fingerprint density at radius 1 is 1.30 bits per heavy atom. The predicted molar refractivity (Wildman–Crippen MR) is 44.2 cm³/mol. The minimum absolute atomic E-state index is 0.207. The van der Waals surface area contributed by atoms with E-state index in [2.05, 4.69) is 25.9 Å². The molecule has 0 aliphatic rings. The van der Waals surface area contributed by atoms with E-state index in [1.807, 2.05) is 13.8 Å². The molecule has 0 aliphatic carbocycles. The van der Waals surface area contributed by atoms with Crippen molar-refractivity contribution in [1.29, 1.82) is 0 Å². The van der Waals surface area contributed by atoms with Crippen molar-refractivity contribution in [3.8, 4) is 0 Å². The van der Waals surface area contributed by atoms with E-state index in [4.69, 9.17) is 4.84 Å². The van der Waals surface area contributed by atoms with Crippen molar-refractivity contribution < 1.29 is 4.84 Å². The molecule has 0 aromatic carbocycles. The maximum absolute atomic E-state index is 5.05. The summed E-state index contributed by atoms with van der Waals surface area (Å²) >= 11 is 0. The Bertz CT molecular complexity index is 118. The molecule has 0 aliphatic heterocycles. The monoisotopic (exact) mass is 143 g/mol. The van der Waals surface area contributed by atoms with Crippen molar-refractivity contribution >= 4 is 5.71 Å². The standard InChI is InChI=1S/C8H17NO/c1-7(2)9-10-6-8(3,4)5/h6H2,1-5H3. The van der Waals surface area contributed by atoms with Crippen LogP contribution in [0.25, 0.3) is 0 Å². The third kappa shape index (κ3) is 7.47. The first-order valence-corrected chi connectivity index (χ1v) is 3.55. The zero-order valence-corrected chi connectivity index (χ0v) is 7.56. The summed E-state index contributed by atoms with van der Waals surface area (Å²) in [5.41, 5.74) is 1.17. The molecule has 0 saturated carbocycles. The molecule has 0 unspecified atom stereocenters. The van der Waals surface area contributed by atoms with Gasteiger partial charge in [0.25, 0.3) is 0 Å². The molecule has 0 radical (unpaired) electrons. The molecule has 0 N–H and O–H groups in total. The van der Waals surface area contributed by atoms with E-state index in [1.165, 1.54) is 0 Å². The Labute approximate surface area is 63.3 Å². The lowest BCUT2D eigenvalue weighted by atomic mass is 9.99. The van der Waals surface area contributed by atoms with E-state index in [-0.39, 0.29) is 5.41 Å². The maximum Gasteiger partial charge on any atom is 0.122 e. The van der Waals surface area contributed by atoms with Crippen molar-refractivity contribution in [2.75, 3.05) is 6.61 Å². The zero-order chi connectivity index (χ0) is 8.20. The molecule has 0 amide bonds. The second-order valence-electron chi connectivity index (χ2n) is 3.87. The third-order valence-electron chi connectivity index (χ3n) is 0.745. The van der Waals surface area contributed by atoms with Gasteiger partial charge in [-0.25, -0.2) is 0 Å². The highest BCUT2D eigenvalue weighted by molar-refractivity contribution is 5.78. The Balaban J connectivity index is 3.47. The average Bonchev–Trinajstić information content (AvgIpc) is 1.59. The second-order valence-corrected chi connectivity index (χ2v) is 3.87. The molecule has 0 spiro atoms. The van der Waals surface area contributed by atoms with Crippen LogP contribution in [-0.2, 0) is 4.84 Å². The highest BCUT2D eigenvalue weighted by Crippen LogP contribution is 2.12. The fourth-order valence-corrected chi connectivity index (χ4v) is 0.355. The van der Waals surface area contributed by atoms with Gasteiger partial charge in [0.1, 0.15) is 6.61 Å². The van der Waals surface area contributed by atoms with Crippen LogP contribution in [0.15, 0.2) is 5.16 Å². The first-order chi connectivity index (χ1) is 4.42. The Morgan fingerprint density at radius 2 is 1.80 bits per heavy atom. The van der Waals surface area contributed by atoms with Crippen molar-refractivity contribution in [2.45, 2.75) is 34.6 Å². The van der Waals surface area contributed by atoms with Gasteiger partial charge in [-0.15, -0.1) is 0 Å². The first kappa shape index (κ1) is 9.47. The van der Waals surface area contributed by atoms with Crippen molar-refractivity contribution in [2.24, 2.45) is 10.6 Å². The molecule has 0 saturated heterocycles. The van der Waals surface area contributed by atoms with E-state index in [9.17, 15) is 0 Å². The van der Waals surface area contributed by atoms with Crippen LogP contribution in [0, 0.1) is 5.41 Å². The SMILES string of the molecule is CC(C)=NOCC(C)(C)C. The molecule has 0 rings (SSSR count). The van der Waals surface area contributed by atoms with Gasteiger partial charge in [0.05, 0.1) is 5.71 Å². The number of oxime groups is 1. The van der Waals surface area contributed by atoms with E-state index < -0.39 is 0 Å². The highest BCUT2D eigenvalue weighted by atomic mass is 16.6. The Kier molecular flexibility index (Phi) is 3.40. The van der Waals surface area contributed by atoms with Gasteiger partial charge in [-0.2, -0.15) is 0 Å². The van der Waals surface area contributed by atoms with Crippen LogP contribution >= 0.6 is 0 Å². The molecular formula is C8H17NO. The summed E-state index contributed by atoms with van der Waals surface area (Å²) in [6.07, 6.45) is 0. The summed E-state index contributed by atoms with van der Waals surface area (Å²) in [6.45, 7) is 10.9. The van der Waals surface area contributed by atoms with Gasteiger partial charge < -0.3 is 4.84 Å². The molecule has 60 valence electrons. The number of hydrogen-bond donors (Lipinski definition) is 0. The first-order valence-electron chi connectivity index (χ1n) is 3.55. The van der Waals surface area contributed by atoms with Gasteiger partial charge in [0.15, 0.2) is 0 Å². The van der Waals surface area contributed by atoms with Crippen LogP contribution in [0.5, 0.6) is 0 Å². The van der Waals surface area contributed by atoms with Gasteiger partial charge >= 0.3 is 0 Å². The summed E-state index contributed by atoms with van der Waals surface area (Å²) in [5.74, 6) is 0. The summed E-state index contributed by atoms with van der Waals surface area (Å²) < 4.78 is 0. The van der Waals surface area contributed by atoms with Crippen LogP contribution in [0.2, 0.25) is 0 Å². The minimum atomic E-state index is 0.207. The molecule has 0 fully saturated rings. The number of hydrogen-bond acceptors (Lipinski definition) is 2. The van der Waals surface area contributed by atoms with Gasteiger partial charge in [-0.05, 0) is 19.3 Å². The largest absolute Gasteiger partial charge is 0.395 e. The molecule has 0 aromatic rings. The lowest BCUT2D eigenvalue weighted by Crippen LogP contribution is -2.12. The normalized spacial score (nSPS) is 10.9. The van der Waals surface area contributed by atoms with Crippen molar-refractivity contribution in [3.05, 3.63) is 0 Å². The minimum Gasteiger partial charge on any atom is -0.395 e.